The second kappa shape index (κ2) is 5.59. The van der Waals surface area contributed by atoms with Gasteiger partial charge < -0.3 is 9.64 Å². The first-order valence-electron chi connectivity index (χ1n) is 7.48. The Balaban J connectivity index is 1.78. The van der Waals surface area contributed by atoms with E-state index in [0.29, 0.717) is 18.2 Å². The van der Waals surface area contributed by atoms with Crippen molar-refractivity contribution in [3.8, 4) is 0 Å². The molecule has 2 aliphatic rings. The van der Waals surface area contributed by atoms with Gasteiger partial charge in [0, 0.05) is 11.6 Å². The van der Waals surface area contributed by atoms with Gasteiger partial charge in [-0.25, -0.2) is 0 Å². The monoisotopic (exact) mass is 308 g/mol. The number of carbonyl (C=O) groups excluding carboxylic acids is 1. The Labute approximate surface area is 130 Å². The van der Waals surface area contributed by atoms with Crippen LogP contribution in [0.3, 0.4) is 0 Å². The molecule has 1 aliphatic carbocycles. The molecular formula is C16H21ClN2O2. The Kier molecular flexibility index (Phi) is 3.95. The van der Waals surface area contributed by atoms with Gasteiger partial charge in [0.2, 0.25) is 5.91 Å². The van der Waals surface area contributed by atoms with Gasteiger partial charge in [0.1, 0.15) is 11.7 Å². The molecule has 0 radical (unpaired) electrons. The first-order chi connectivity index (χ1) is 10.0. The molecule has 1 spiro atoms. The minimum Gasteiger partial charge on any atom is -0.377 e. The summed E-state index contributed by atoms with van der Waals surface area (Å²) in [5, 5.41) is 4.18. The first kappa shape index (κ1) is 14.8. The summed E-state index contributed by atoms with van der Waals surface area (Å²) < 4.78 is 5.60. The number of benzene rings is 1. The normalized spacial score (nSPS) is 23.3. The molecule has 2 fully saturated rings. The van der Waals surface area contributed by atoms with Gasteiger partial charge in [-0.1, -0.05) is 23.7 Å². The Morgan fingerprint density at radius 1 is 1.48 bits per heavy atom. The maximum atomic E-state index is 12.6. The van der Waals surface area contributed by atoms with Crippen LogP contribution in [0.1, 0.15) is 38.4 Å². The average molecular weight is 309 g/mol. The highest BCUT2D eigenvalue weighted by Gasteiger charge is 2.59. The van der Waals surface area contributed by atoms with E-state index in [1.807, 2.05) is 43.0 Å². The van der Waals surface area contributed by atoms with Crippen LogP contribution < -0.4 is 5.32 Å². The lowest BCUT2D eigenvalue weighted by atomic mass is 10.1. The van der Waals surface area contributed by atoms with Crippen LogP contribution in [0.5, 0.6) is 0 Å². The second-order valence-electron chi connectivity index (χ2n) is 6.10. The summed E-state index contributed by atoms with van der Waals surface area (Å²) in [6.45, 7) is 5.16. The lowest BCUT2D eigenvalue weighted by Gasteiger charge is -2.25. The van der Waals surface area contributed by atoms with Crippen molar-refractivity contribution in [2.45, 2.75) is 44.5 Å². The van der Waals surface area contributed by atoms with E-state index in [2.05, 4.69) is 5.32 Å². The molecule has 1 aromatic carbocycles. The van der Waals surface area contributed by atoms with E-state index in [-0.39, 0.29) is 23.7 Å². The van der Waals surface area contributed by atoms with Crippen molar-refractivity contribution in [2.75, 3.05) is 13.2 Å². The zero-order chi connectivity index (χ0) is 15.0. The topological polar surface area (TPSA) is 41.6 Å². The van der Waals surface area contributed by atoms with Crippen LogP contribution in [0.15, 0.2) is 24.3 Å². The van der Waals surface area contributed by atoms with Crippen molar-refractivity contribution in [3.05, 3.63) is 34.9 Å². The third kappa shape index (κ3) is 2.93. The molecule has 1 atom stereocenters. The SMILES string of the molecule is CC(C)OCCN1C(=O)C2(CC2)NC1c1cccc(Cl)c1. The molecule has 21 heavy (non-hydrogen) atoms. The van der Waals surface area contributed by atoms with E-state index in [1.165, 1.54) is 0 Å². The van der Waals surface area contributed by atoms with Gasteiger partial charge in [0.15, 0.2) is 0 Å². The first-order valence-corrected chi connectivity index (χ1v) is 7.85. The van der Waals surface area contributed by atoms with Gasteiger partial charge in [-0.2, -0.15) is 0 Å². The molecule has 1 amide bonds. The van der Waals surface area contributed by atoms with E-state index in [9.17, 15) is 4.79 Å². The number of nitrogens with zero attached hydrogens (tertiary/aromatic N) is 1. The van der Waals surface area contributed by atoms with Gasteiger partial charge in [0.05, 0.1) is 12.7 Å². The molecule has 1 heterocycles. The lowest BCUT2D eigenvalue weighted by molar-refractivity contribution is -0.131. The molecule has 3 rings (SSSR count). The largest absolute Gasteiger partial charge is 0.377 e. The van der Waals surface area contributed by atoms with E-state index in [1.54, 1.807) is 0 Å². The van der Waals surface area contributed by atoms with Gasteiger partial charge in [-0.05, 0) is 44.4 Å². The van der Waals surface area contributed by atoms with Gasteiger partial charge in [-0.15, -0.1) is 0 Å². The summed E-state index contributed by atoms with van der Waals surface area (Å²) in [5.74, 6) is 0.194. The minimum atomic E-state index is -0.329. The van der Waals surface area contributed by atoms with Crippen LogP contribution in [-0.4, -0.2) is 35.6 Å². The highest BCUT2D eigenvalue weighted by Crippen LogP contribution is 2.45. The van der Waals surface area contributed by atoms with Crippen LogP contribution in [0, 0.1) is 0 Å². The number of hydrogen-bond acceptors (Lipinski definition) is 3. The molecule has 1 aromatic rings. The fourth-order valence-electron chi connectivity index (χ4n) is 2.83. The highest BCUT2D eigenvalue weighted by atomic mass is 35.5. The Morgan fingerprint density at radius 2 is 2.24 bits per heavy atom. The van der Waals surface area contributed by atoms with Gasteiger partial charge in [0.25, 0.3) is 0 Å². The summed E-state index contributed by atoms with van der Waals surface area (Å²) >= 11 is 6.08. The molecular weight excluding hydrogens is 288 g/mol. The third-order valence-electron chi connectivity index (χ3n) is 4.09. The molecule has 1 saturated heterocycles. The summed E-state index contributed by atoms with van der Waals surface area (Å²) in [5.41, 5.74) is 0.703. The molecule has 1 unspecified atom stereocenters. The van der Waals surface area contributed by atoms with Crippen molar-refractivity contribution in [1.29, 1.82) is 0 Å². The van der Waals surface area contributed by atoms with E-state index in [4.69, 9.17) is 16.3 Å². The number of rotatable bonds is 5. The van der Waals surface area contributed by atoms with Gasteiger partial charge >= 0.3 is 0 Å². The Bertz CT molecular complexity index is 543. The maximum absolute atomic E-state index is 12.6. The van der Waals surface area contributed by atoms with Crippen molar-refractivity contribution >= 4 is 17.5 Å². The summed E-state index contributed by atoms with van der Waals surface area (Å²) in [7, 11) is 0. The molecule has 0 bridgehead atoms. The number of amides is 1. The zero-order valence-electron chi connectivity index (χ0n) is 12.4. The van der Waals surface area contributed by atoms with Crippen molar-refractivity contribution in [3.63, 3.8) is 0 Å². The molecule has 114 valence electrons. The van der Waals surface area contributed by atoms with Crippen molar-refractivity contribution in [2.24, 2.45) is 0 Å². The van der Waals surface area contributed by atoms with Crippen molar-refractivity contribution in [1.82, 2.24) is 10.2 Å². The minimum absolute atomic E-state index is 0.102. The molecule has 5 heteroatoms. The predicted molar refractivity (Wildman–Crippen MR) is 82.1 cm³/mol. The predicted octanol–water partition coefficient (Wildman–Crippen LogP) is 2.73. The smallest absolute Gasteiger partial charge is 0.244 e. The third-order valence-corrected chi connectivity index (χ3v) is 4.33. The number of nitrogens with one attached hydrogen (secondary N) is 1. The molecule has 4 nitrogen and oxygen atoms in total. The number of hydrogen-bond donors (Lipinski definition) is 1. The zero-order valence-corrected chi connectivity index (χ0v) is 13.2. The van der Waals surface area contributed by atoms with Crippen LogP contribution in [0.2, 0.25) is 5.02 Å². The van der Waals surface area contributed by atoms with Crippen LogP contribution in [0.4, 0.5) is 0 Å². The fourth-order valence-corrected chi connectivity index (χ4v) is 3.03. The van der Waals surface area contributed by atoms with E-state index >= 15 is 0 Å². The molecule has 1 saturated carbocycles. The van der Waals surface area contributed by atoms with E-state index < -0.39 is 0 Å². The fraction of sp³-hybridized carbons (Fsp3) is 0.562. The number of ether oxygens (including phenoxy) is 1. The lowest BCUT2D eigenvalue weighted by Crippen LogP contribution is -2.35. The van der Waals surface area contributed by atoms with Gasteiger partial charge in [-0.3, -0.25) is 10.1 Å². The average Bonchev–Trinajstić information content (AvgIpc) is 3.16. The molecule has 0 aromatic heterocycles. The Morgan fingerprint density at radius 3 is 2.86 bits per heavy atom. The summed E-state index contributed by atoms with van der Waals surface area (Å²) in [4.78, 5) is 14.5. The Hall–Kier alpha value is -1.10. The van der Waals surface area contributed by atoms with Crippen LogP contribution >= 0.6 is 11.6 Å². The maximum Gasteiger partial charge on any atom is 0.244 e. The van der Waals surface area contributed by atoms with E-state index in [0.717, 1.165) is 18.4 Å². The number of halogens is 1. The van der Waals surface area contributed by atoms with Crippen LogP contribution in [0.25, 0.3) is 0 Å². The quantitative estimate of drug-likeness (QED) is 0.909. The molecule has 1 N–H and O–H groups in total. The van der Waals surface area contributed by atoms with Crippen LogP contribution in [-0.2, 0) is 9.53 Å². The number of carbonyl (C=O) groups is 1. The molecule has 1 aliphatic heterocycles. The summed E-state index contributed by atoms with van der Waals surface area (Å²) in [6.07, 6.45) is 1.92. The highest BCUT2D eigenvalue weighted by molar-refractivity contribution is 6.30. The summed E-state index contributed by atoms with van der Waals surface area (Å²) in [6, 6.07) is 7.70. The standard InChI is InChI=1S/C16H21ClN2O2/c1-11(2)21-9-8-19-14(12-4-3-5-13(17)10-12)18-16(6-7-16)15(19)20/h3-5,10-11,14,18H,6-9H2,1-2H3. The second-order valence-corrected chi connectivity index (χ2v) is 6.54. The van der Waals surface area contributed by atoms with Crippen molar-refractivity contribution < 1.29 is 9.53 Å².